The number of anilines is 1. The zero-order valence-electron chi connectivity index (χ0n) is 11.8. The van der Waals surface area contributed by atoms with Gasteiger partial charge >= 0.3 is 11.8 Å². The summed E-state index contributed by atoms with van der Waals surface area (Å²) in [4.78, 5) is 23.3. The number of hydrogen-bond acceptors (Lipinski definition) is 3. The van der Waals surface area contributed by atoms with Crippen LogP contribution in [0.5, 0.6) is 0 Å². The fourth-order valence-electron chi connectivity index (χ4n) is 1.52. The van der Waals surface area contributed by atoms with E-state index in [1.54, 1.807) is 6.07 Å². The van der Waals surface area contributed by atoms with E-state index in [0.717, 1.165) is 6.42 Å². The first-order chi connectivity index (χ1) is 9.85. The van der Waals surface area contributed by atoms with E-state index in [9.17, 15) is 14.7 Å². The maximum atomic E-state index is 11.7. The summed E-state index contributed by atoms with van der Waals surface area (Å²) in [7, 11) is 0. The zero-order valence-corrected chi connectivity index (χ0v) is 13.3. The SMILES string of the molecule is CCC(C)C(O)CNC(=O)C(=O)Nc1ccc(Cl)cc1Cl. The van der Waals surface area contributed by atoms with Crippen LogP contribution in [0.25, 0.3) is 0 Å². The molecule has 3 N–H and O–H groups in total. The Hall–Kier alpha value is -1.30. The highest BCUT2D eigenvalue weighted by Crippen LogP contribution is 2.25. The van der Waals surface area contributed by atoms with Crippen molar-refractivity contribution in [2.24, 2.45) is 5.92 Å². The van der Waals surface area contributed by atoms with Crippen molar-refractivity contribution >= 4 is 40.7 Å². The molecule has 0 saturated heterocycles. The summed E-state index contributed by atoms with van der Waals surface area (Å²) >= 11 is 11.6. The Morgan fingerprint density at radius 1 is 1.29 bits per heavy atom. The molecule has 21 heavy (non-hydrogen) atoms. The van der Waals surface area contributed by atoms with E-state index in [-0.39, 0.29) is 17.5 Å². The first-order valence-corrected chi connectivity index (χ1v) is 7.33. The summed E-state index contributed by atoms with van der Waals surface area (Å²) in [6.07, 6.45) is 0.0924. The summed E-state index contributed by atoms with van der Waals surface area (Å²) < 4.78 is 0. The van der Waals surface area contributed by atoms with E-state index in [1.807, 2.05) is 13.8 Å². The molecule has 0 aromatic heterocycles. The second-order valence-electron chi connectivity index (χ2n) is 4.74. The van der Waals surface area contributed by atoms with E-state index >= 15 is 0 Å². The molecule has 2 amide bonds. The van der Waals surface area contributed by atoms with Gasteiger partial charge in [-0.1, -0.05) is 43.5 Å². The average Bonchev–Trinajstić information content (AvgIpc) is 2.46. The van der Waals surface area contributed by atoms with Crippen molar-refractivity contribution < 1.29 is 14.7 Å². The molecule has 1 rings (SSSR count). The molecule has 2 unspecified atom stereocenters. The van der Waals surface area contributed by atoms with Crippen LogP contribution in [-0.2, 0) is 9.59 Å². The van der Waals surface area contributed by atoms with E-state index < -0.39 is 17.9 Å². The molecule has 7 heteroatoms. The quantitative estimate of drug-likeness (QED) is 0.724. The number of aliphatic hydroxyl groups is 1. The van der Waals surface area contributed by atoms with Crippen molar-refractivity contribution in [2.45, 2.75) is 26.4 Å². The normalized spacial score (nSPS) is 13.4. The zero-order chi connectivity index (χ0) is 16.0. The Balaban J connectivity index is 2.53. The molecule has 0 bridgehead atoms. The molecule has 0 heterocycles. The molecule has 116 valence electrons. The van der Waals surface area contributed by atoms with Crippen LogP contribution in [0.3, 0.4) is 0 Å². The topological polar surface area (TPSA) is 78.4 Å². The smallest absolute Gasteiger partial charge is 0.313 e. The number of amides is 2. The van der Waals surface area contributed by atoms with Gasteiger partial charge in [-0.3, -0.25) is 9.59 Å². The first-order valence-electron chi connectivity index (χ1n) is 6.57. The highest BCUT2D eigenvalue weighted by molar-refractivity contribution is 6.42. The number of carbonyl (C=O) groups is 2. The number of carbonyl (C=O) groups excluding carboxylic acids is 2. The number of halogens is 2. The van der Waals surface area contributed by atoms with Crippen molar-refractivity contribution in [3.05, 3.63) is 28.2 Å². The Morgan fingerprint density at radius 3 is 2.52 bits per heavy atom. The molecular formula is C14H18Cl2N2O3. The molecule has 0 saturated carbocycles. The van der Waals surface area contributed by atoms with Crippen LogP contribution < -0.4 is 10.6 Å². The lowest BCUT2D eigenvalue weighted by atomic mass is 10.0. The Morgan fingerprint density at radius 2 is 1.95 bits per heavy atom. The van der Waals surface area contributed by atoms with Crippen molar-refractivity contribution in [3.63, 3.8) is 0 Å². The Bertz CT molecular complexity index is 523. The largest absolute Gasteiger partial charge is 0.391 e. The molecule has 0 radical (unpaired) electrons. The van der Waals surface area contributed by atoms with Crippen LogP contribution in [-0.4, -0.2) is 29.6 Å². The van der Waals surface area contributed by atoms with Gasteiger partial charge in [-0.15, -0.1) is 0 Å². The summed E-state index contributed by atoms with van der Waals surface area (Å²) in [6, 6.07) is 4.51. The molecule has 5 nitrogen and oxygen atoms in total. The maximum Gasteiger partial charge on any atom is 0.313 e. The minimum absolute atomic E-state index is 0.0234. The van der Waals surface area contributed by atoms with Gasteiger partial charge < -0.3 is 15.7 Å². The molecule has 0 spiro atoms. The standard InChI is InChI=1S/C14H18Cl2N2O3/c1-3-8(2)12(19)7-17-13(20)14(21)18-11-5-4-9(15)6-10(11)16/h4-6,8,12,19H,3,7H2,1-2H3,(H,17,20)(H,18,21). The van der Waals surface area contributed by atoms with Crippen LogP contribution in [0.2, 0.25) is 10.0 Å². The lowest BCUT2D eigenvalue weighted by Crippen LogP contribution is -2.41. The van der Waals surface area contributed by atoms with Crippen LogP contribution in [0.4, 0.5) is 5.69 Å². The lowest BCUT2D eigenvalue weighted by molar-refractivity contribution is -0.136. The van der Waals surface area contributed by atoms with Gasteiger partial charge in [0.25, 0.3) is 0 Å². The summed E-state index contributed by atoms with van der Waals surface area (Å²) in [5.74, 6) is -1.64. The minimum atomic E-state index is -0.851. The molecule has 1 aromatic rings. The maximum absolute atomic E-state index is 11.7. The average molecular weight is 333 g/mol. The van der Waals surface area contributed by atoms with Crippen LogP contribution >= 0.6 is 23.2 Å². The fraction of sp³-hybridized carbons (Fsp3) is 0.429. The van der Waals surface area contributed by atoms with E-state index in [1.165, 1.54) is 12.1 Å². The van der Waals surface area contributed by atoms with Gasteiger partial charge in [-0.2, -0.15) is 0 Å². The lowest BCUT2D eigenvalue weighted by Gasteiger charge is -2.17. The molecule has 0 aliphatic rings. The molecule has 0 fully saturated rings. The van der Waals surface area contributed by atoms with Crippen molar-refractivity contribution in [1.82, 2.24) is 5.32 Å². The number of aliphatic hydroxyl groups excluding tert-OH is 1. The van der Waals surface area contributed by atoms with Gasteiger partial charge in [0.05, 0.1) is 16.8 Å². The fourth-order valence-corrected chi connectivity index (χ4v) is 1.98. The summed E-state index contributed by atoms with van der Waals surface area (Å²) in [5.41, 5.74) is 0.295. The van der Waals surface area contributed by atoms with Crippen LogP contribution in [0, 0.1) is 5.92 Å². The van der Waals surface area contributed by atoms with Gasteiger partial charge in [0.1, 0.15) is 0 Å². The highest BCUT2D eigenvalue weighted by Gasteiger charge is 2.18. The molecule has 1 aromatic carbocycles. The van der Waals surface area contributed by atoms with Gasteiger partial charge in [0, 0.05) is 11.6 Å². The predicted octanol–water partition coefficient (Wildman–Crippen LogP) is 2.46. The second kappa shape index (κ2) is 8.22. The van der Waals surface area contributed by atoms with E-state index in [4.69, 9.17) is 23.2 Å². The van der Waals surface area contributed by atoms with Gasteiger partial charge in [-0.25, -0.2) is 0 Å². The van der Waals surface area contributed by atoms with E-state index in [2.05, 4.69) is 10.6 Å². The van der Waals surface area contributed by atoms with Crippen LogP contribution in [0.1, 0.15) is 20.3 Å². The van der Waals surface area contributed by atoms with E-state index in [0.29, 0.717) is 10.7 Å². The van der Waals surface area contributed by atoms with Gasteiger partial charge in [-0.05, 0) is 24.1 Å². The first kappa shape index (κ1) is 17.8. The third kappa shape index (κ3) is 5.53. The molecular weight excluding hydrogens is 315 g/mol. The minimum Gasteiger partial charge on any atom is -0.391 e. The van der Waals surface area contributed by atoms with Crippen molar-refractivity contribution in [3.8, 4) is 0 Å². The van der Waals surface area contributed by atoms with Gasteiger partial charge in [0.15, 0.2) is 0 Å². The summed E-state index contributed by atoms with van der Waals surface area (Å²) in [6.45, 7) is 3.82. The molecule has 2 atom stereocenters. The predicted molar refractivity (Wildman–Crippen MR) is 83.6 cm³/mol. The van der Waals surface area contributed by atoms with Crippen LogP contribution in [0.15, 0.2) is 18.2 Å². The van der Waals surface area contributed by atoms with Crippen molar-refractivity contribution in [2.75, 3.05) is 11.9 Å². The number of hydrogen-bond donors (Lipinski definition) is 3. The number of nitrogens with one attached hydrogen (secondary N) is 2. The third-order valence-electron chi connectivity index (χ3n) is 3.16. The molecule has 0 aliphatic carbocycles. The second-order valence-corrected chi connectivity index (χ2v) is 5.58. The summed E-state index contributed by atoms with van der Waals surface area (Å²) in [5, 5.41) is 15.2. The van der Waals surface area contributed by atoms with Gasteiger partial charge in [0.2, 0.25) is 0 Å². The number of benzene rings is 1. The third-order valence-corrected chi connectivity index (χ3v) is 3.71. The highest BCUT2D eigenvalue weighted by atomic mass is 35.5. The van der Waals surface area contributed by atoms with Crippen molar-refractivity contribution in [1.29, 1.82) is 0 Å². The number of rotatable bonds is 5. The molecule has 0 aliphatic heterocycles. The Kier molecular flexibility index (Phi) is 6.95. The Labute approximate surface area is 133 Å². The monoisotopic (exact) mass is 332 g/mol.